The van der Waals surface area contributed by atoms with Crippen molar-refractivity contribution in [3.63, 3.8) is 0 Å². The highest BCUT2D eigenvalue weighted by Gasteiger charge is 2.11. The van der Waals surface area contributed by atoms with Crippen molar-refractivity contribution in [1.29, 1.82) is 0 Å². The highest BCUT2D eigenvalue weighted by molar-refractivity contribution is 9.10. The van der Waals surface area contributed by atoms with Crippen LogP contribution in [0.2, 0.25) is 0 Å². The van der Waals surface area contributed by atoms with Crippen LogP contribution in [0, 0.1) is 6.92 Å². The minimum absolute atomic E-state index is 0.376. The summed E-state index contributed by atoms with van der Waals surface area (Å²) in [5.41, 5.74) is 8.38. The van der Waals surface area contributed by atoms with Crippen LogP contribution in [0.1, 0.15) is 5.56 Å². The van der Waals surface area contributed by atoms with Crippen LogP contribution in [0.5, 0.6) is 0 Å². The van der Waals surface area contributed by atoms with Crippen LogP contribution >= 0.6 is 15.9 Å². The molecule has 0 bridgehead atoms. The summed E-state index contributed by atoms with van der Waals surface area (Å²) in [7, 11) is 0. The van der Waals surface area contributed by atoms with E-state index in [0.717, 1.165) is 26.7 Å². The Morgan fingerprint density at radius 3 is 2.56 bits per heavy atom. The third-order valence-corrected chi connectivity index (χ3v) is 3.53. The summed E-state index contributed by atoms with van der Waals surface area (Å²) in [4.78, 5) is 0. The van der Waals surface area contributed by atoms with Crippen LogP contribution in [0.4, 0.5) is 5.88 Å². The Balaban J connectivity index is 2.19. The van der Waals surface area contributed by atoms with Gasteiger partial charge in [0.05, 0.1) is 0 Å². The number of benzene rings is 2. The fourth-order valence-corrected chi connectivity index (χ4v) is 2.36. The Labute approximate surface area is 113 Å². The van der Waals surface area contributed by atoms with Crippen LogP contribution in [0.3, 0.4) is 0 Å². The first-order valence-electron chi connectivity index (χ1n) is 5.56. The molecular weight excluding hydrogens is 292 g/mol. The molecule has 0 atom stereocenters. The molecule has 0 aliphatic rings. The van der Waals surface area contributed by atoms with E-state index in [1.54, 1.807) is 0 Å². The van der Waals surface area contributed by atoms with Gasteiger partial charge in [-0.2, -0.15) is 0 Å². The summed E-state index contributed by atoms with van der Waals surface area (Å²) in [5, 5.41) is 6.35. The number of nitrogens with two attached hydrogens (primary N) is 1. The Kier molecular flexibility index (Phi) is 2.59. The van der Waals surface area contributed by atoms with E-state index < -0.39 is 0 Å². The molecule has 0 saturated heterocycles. The number of nitrogen functional groups attached to an aromatic ring is 1. The molecule has 4 heteroatoms. The molecule has 3 nitrogen and oxygen atoms in total. The average molecular weight is 303 g/mol. The fourth-order valence-electron chi connectivity index (χ4n) is 1.98. The number of fused-ring (bicyclic) bond motifs is 1. The first-order valence-corrected chi connectivity index (χ1v) is 6.36. The van der Waals surface area contributed by atoms with Gasteiger partial charge < -0.3 is 10.3 Å². The molecule has 18 heavy (non-hydrogen) atoms. The SMILES string of the molecule is Cc1c(-c2ccc3cc(Br)ccc3c2)noc1N. The quantitative estimate of drug-likeness (QED) is 0.735. The molecule has 3 aromatic rings. The van der Waals surface area contributed by atoms with E-state index in [9.17, 15) is 0 Å². The van der Waals surface area contributed by atoms with E-state index in [4.69, 9.17) is 10.3 Å². The van der Waals surface area contributed by atoms with Crippen molar-refractivity contribution in [2.45, 2.75) is 6.92 Å². The minimum atomic E-state index is 0.376. The van der Waals surface area contributed by atoms with E-state index in [2.05, 4.69) is 45.4 Å². The van der Waals surface area contributed by atoms with E-state index in [1.807, 2.05) is 19.1 Å². The summed E-state index contributed by atoms with van der Waals surface area (Å²) in [5.74, 6) is 0.376. The lowest BCUT2D eigenvalue weighted by atomic mass is 10.0. The van der Waals surface area contributed by atoms with Gasteiger partial charge in [-0.05, 0) is 35.9 Å². The molecule has 90 valence electrons. The van der Waals surface area contributed by atoms with Crippen molar-refractivity contribution in [3.8, 4) is 11.3 Å². The van der Waals surface area contributed by atoms with Gasteiger partial charge in [-0.1, -0.05) is 39.3 Å². The lowest BCUT2D eigenvalue weighted by Crippen LogP contribution is -1.85. The Hall–Kier alpha value is -1.81. The van der Waals surface area contributed by atoms with Gasteiger partial charge in [0.1, 0.15) is 5.69 Å². The maximum absolute atomic E-state index is 5.68. The third-order valence-electron chi connectivity index (χ3n) is 3.04. The Bertz CT molecular complexity index is 734. The summed E-state index contributed by atoms with van der Waals surface area (Å²) < 4.78 is 6.07. The van der Waals surface area contributed by atoms with Crippen molar-refractivity contribution >= 4 is 32.6 Å². The Morgan fingerprint density at radius 1 is 1.11 bits per heavy atom. The number of halogens is 1. The maximum Gasteiger partial charge on any atom is 0.225 e. The van der Waals surface area contributed by atoms with Gasteiger partial charge in [-0.3, -0.25) is 0 Å². The van der Waals surface area contributed by atoms with Crippen molar-refractivity contribution < 1.29 is 4.52 Å². The van der Waals surface area contributed by atoms with Crippen LogP contribution in [-0.4, -0.2) is 5.16 Å². The number of nitrogens with zero attached hydrogens (tertiary/aromatic N) is 1. The predicted octanol–water partition coefficient (Wildman–Crippen LogP) is 4.15. The van der Waals surface area contributed by atoms with Gasteiger partial charge in [0, 0.05) is 15.6 Å². The molecule has 0 saturated carbocycles. The van der Waals surface area contributed by atoms with Gasteiger partial charge in [0.15, 0.2) is 0 Å². The number of anilines is 1. The fraction of sp³-hybridized carbons (Fsp3) is 0.0714. The number of hydrogen-bond acceptors (Lipinski definition) is 3. The molecule has 2 aromatic carbocycles. The van der Waals surface area contributed by atoms with Crippen molar-refractivity contribution in [2.24, 2.45) is 0 Å². The van der Waals surface area contributed by atoms with Crippen LogP contribution in [0.25, 0.3) is 22.0 Å². The molecule has 0 aliphatic heterocycles. The predicted molar refractivity (Wildman–Crippen MR) is 76.3 cm³/mol. The number of hydrogen-bond donors (Lipinski definition) is 1. The van der Waals surface area contributed by atoms with Crippen LogP contribution in [-0.2, 0) is 0 Å². The zero-order chi connectivity index (χ0) is 12.7. The first kappa shape index (κ1) is 11.3. The number of rotatable bonds is 1. The van der Waals surface area contributed by atoms with Crippen LogP contribution in [0.15, 0.2) is 45.4 Å². The largest absolute Gasteiger partial charge is 0.367 e. The van der Waals surface area contributed by atoms with Crippen molar-refractivity contribution in [2.75, 3.05) is 5.73 Å². The molecule has 1 aromatic heterocycles. The zero-order valence-corrected chi connectivity index (χ0v) is 11.4. The zero-order valence-electron chi connectivity index (χ0n) is 9.77. The topological polar surface area (TPSA) is 52.0 Å². The number of aromatic nitrogens is 1. The second-order valence-corrected chi connectivity index (χ2v) is 5.14. The molecule has 0 amide bonds. The van der Waals surface area contributed by atoms with E-state index in [0.29, 0.717) is 5.88 Å². The molecule has 0 spiro atoms. The summed E-state index contributed by atoms with van der Waals surface area (Å²) in [6.07, 6.45) is 0. The van der Waals surface area contributed by atoms with Crippen molar-refractivity contribution in [3.05, 3.63) is 46.4 Å². The molecule has 0 radical (unpaired) electrons. The van der Waals surface area contributed by atoms with E-state index in [-0.39, 0.29) is 0 Å². The van der Waals surface area contributed by atoms with Crippen LogP contribution < -0.4 is 5.73 Å². The van der Waals surface area contributed by atoms with Gasteiger partial charge in [0.25, 0.3) is 0 Å². The highest BCUT2D eigenvalue weighted by Crippen LogP contribution is 2.29. The van der Waals surface area contributed by atoms with Crippen molar-refractivity contribution in [1.82, 2.24) is 5.16 Å². The minimum Gasteiger partial charge on any atom is -0.367 e. The Morgan fingerprint density at radius 2 is 1.83 bits per heavy atom. The van der Waals surface area contributed by atoms with E-state index >= 15 is 0 Å². The molecule has 1 heterocycles. The molecule has 0 fully saturated rings. The van der Waals surface area contributed by atoms with E-state index in [1.165, 1.54) is 5.39 Å². The van der Waals surface area contributed by atoms with Gasteiger partial charge in [0.2, 0.25) is 5.88 Å². The molecule has 2 N–H and O–H groups in total. The van der Waals surface area contributed by atoms with Gasteiger partial charge in [-0.25, -0.2) is 0 Å². The standard InChI is InChI=1S/C14H11BrN2O/c1-8-13(17-18-14(8)16)11-3-2-10-7-12(15)5-4-9(10)6-11/h2-7H,16H2,1H3. The lowest BCUT2D eigenvalue weighted by molar-refractivity contribution is 0.439. The lowest BCUT2D eigenvalue weighted by Gasteiger charge is -2.02. The smallest absolute Gasteiger partial charge is 0.225 e. The average Bonchev–Trinajstić information content (AvgIpc) is 2.69. The van der Waals surface area contributed by atoms with Gasteiger partial charge >= 0.3 is 0 Å². The maximum atomic E-state index is 5.68. The summed E-state index contributed by atoms with van der Waals surface area (Å²) in [6.45, 7) is 1.91. The molecule has 0 unspecified atom stereocenters. The molecule has 0 aliphatic carbocycles. The van der Waals surface area contributed by atoms with Gasteiger partial charge in [-0.15, -0.1) is 0 Å². The highest BCUT2D eigenvalue weighted by atomic mass is 79.9. The summed E-state index contributed by atoms with van der Waals surface area (Å²) >= 11 is 3.47. The second-order valence-electron chi connectivity index (χ2n) is 4.23. The monoisotopic (exact) mass is 302 g/mol. The third kappa shape index (κ3) is 1.78. The second kappa shape index (κ2) is 4.14. The molecular formula is C14H11BrN2O. The molecule has 3 rings (SSSR count). The summed E-state index contributed by atoms with van der Waals surface area (Å²) in [6, 6.07) is 12.4. The first-order chi connectivity index (χ1) is 8.65. The normalized spacial score (nSPS) is 11.0.